The fraction of sp³-hybridized carbons (Fsp3) is 0.455. The molecule has 29 heavy (non-hydrogen) atoms. The molecular weight excluding hydrogens is 370 g/mol. The maximum Gasteiger partial charge on any atom is 0.220 e. The molecule has 0 saturated carbocycles. The van der Waals surface area contributed by atoms with E-state index in [1.165, 1.54) is 0 Å². The number of amides is 1. The number of morpholine rings is 1. The molecule has 0 aliphatic carbocycles. The van der Waals surface area contributed by atoms with Gasteiger partial charge in [0.25, 0.3) is 0 Å². The normalized spacial score (nSPS) is 13.8. The smallest absolute Gasteiger partial charge is 0.220 e. The van der Waals surface area contributed by atoms with E-state index in [4.69, 9.17) is 14.2 Å². The number of aromatic nitrogens is 1. The molecule has 2 aromatic rings. The molecule has 1 fully saturated rings. The first-order valence-electron chi connectivity index (χ1n) is 10.1. The zero-order chi connectivity index (χ0) is 20.3. The summed E-state index contributed by atoms with van der Waals surface area (Å²) in [5.74, 6) is 2.38. The lowest BCUT2D eigenvalue weighted by atomic mass is 10.2. The fourth-order valence-electron chi connectivity index (χ4n) is 3.08. The van der Waals surface area contributed by atoms with Crippen LogP contribution in [0.25, 0.3) is 0 Å². The summed E-state index contributed by atoms with van der Waals surface area (Å²) in [6.07, 6.45) is 2.84. The van der Waals surface area contributed by atoms with Crippen LogP contribution in [0.1, 0.15) is 25.3 Å². The first-order valence-corrected chi connectivity index (χ1v) is 10.1. The van der Waals surface area contributed by atoms with Gasteiger partial charge in [0.15, 0.2) is 11.5 Å². The molecule has 7 nitrogen and oxygen atoms in total. The topological polar surface area (TPSA) is 72.9 Å². The van der Waals surface area contributed by atoms with Gasteiger partial charge in [-0.1, -0.05) is 12.1 Å². The summed E-state index contributed by atoms with van der Waals surface area (Å²) in [4.78, 5) is 18.8. The Hall–Kier alpha value is -2.80. The lowest BCUT2D eigenvalue weighted by Gasteiger charge is -2.28. The Morgan fingerprint density at radius 2 is 1.93 bits per heavy atom. The third kappa shape index (κ3) is 6.64. The van der Waals surface area contributed by atoms with Gasteiger partial charge in [0, 0.05) is 32.3 Å². The van der Waals surface area contributed by atoms with E-state index < -0.39 is 0 Å². The predicted molar refractivity (Wildman–Crippen MR) is 111 cm³/mol. The average molecular weight is 399 g/mol. The third-order valence-corrected chi connectivity index (χ3v) is 4.59. The zero-order valence-corrected chi connectivity index (χ0v) is 16.9. The van der Waals surface area contributed by atoms with Gasteiger partial charge < -0.3 is 24.4 Å². The number of carbonyl (C=O) groups is 1. The van der Waals surface area contributed by atoms with Gasteiger partial charge in [-0.15, -0.1) is 0 Å². The maximum absolute atomic E-state index is 12.1. The van der Waals surface area contributed by atoms with Gasteiger partial charge in [0.1, 0.15) is 5.82 Å². The molecule has 2 heterocycles. The van der Waals surface area contributed by atoms with E-state index in [2.05, 4.69) is 15.2 Å². The van der Waals surface area contributed by atoms with Crippen LogP contribution in [0.5, 0.6) is 11.5 Å². The van der Waals surface area contributed by atoms with Crippen molar-refractivity contribution in [2.45, 2.75) is 26.3 Å². The number of benzene rings is 1. The van der Waals surface area contributed by atoms with E-state index in [1.807, 2.05) is 43.3 Å². The summed E-state index contributed by atoms with van der Waals surface area (Å²) in [7, 11) is 0. The zero-order valence-electron chi connectivity index (χ0n) is 16.9. The van der Waals surface area contributed by atoms with E-state index in [-0.39, 0.29) is 5.91 Å². The number of ether oxygens (including phenoxy) is 3. The molecule has 0 bridgehead atoms. The van der Waals surface area contributed by atoms with E-state index in [0.29, 0.717) is 38.3 Å². The number of hydrogen-bond donors (Lipinski definition) is 1. The third-order valence-electron chi connectivity index (χ3n) is 4.59. The molecular formula is C22H29N3O4. The first kappa shape index (κ1) is 20.9. The van der Waals surface area contributed by atoms with E-state index in [9.17, 15) is 4.79 Å². The molecule has 0 radical (unpaired) electrons. The lowest BCUT2D eigenvalue weighted by Crippen LogP contribution is -2.36. The Morgan fingerprint density at radius 1 is 1.17 bits per heavy atom. The second kappa shape index (κ2) is 11.3. The molecule has 156 valence electrons. The Labute approximate surface area is 172 Å². The lowest BCUT2D eigenvalue weighted by molar-refractivity contribution is -0.121. The molecule has 7 heteroatoms. The van der Waals surface area contributed by atoms with Gasteiger partial charge >= 0.3 is 0 Å². The number of rotatable bonds is 10. The maximum atomic E-state index is 12.1. The molecule has 0 spiro atoms. The molecule has 1 aromatic heterocycles. The fourth-order valence-corrected chi connectivity index (χ4v) is 3.08. The van der Waals surface area contributed by atoms with Crippen LogP contribution in [-0.4, -0.2) is 50.4 Å². The highest BCUT2D eigenvalue weighted by atomic mass is 16.5. The van der Waals surface area contributed by atoms with Gasteiger partial charge in [-0.05, 0) is 43.2 Å². The molecule has 1 saturated heterocycles. The van der Waals surface area contributed by atoms with Crippen LogP contribution in [0.4, 0.5) is 5.82 Å². The standard InChI is InChI=1S/C22H29N3O4/c1-2-28-19-6-3-4-7-20(19)29-13-5-8-22(26)24-17-18-9-10-23-21(16-18)25-11-14-27-15-12-25/h3-4,6-7,9-10,16H,2,5,8,11-15,17H2,1H3,(H,24,26). The summed E-state index contributed by atoms with van der Waals surface area (Å²) in [5, 5.41) is 2.97. The molecule has 0 unspecified atom stereocenters. The molecule has 1 aliphatic heterocycles. The number of pyridine rings is 1. The van der Waals surface area contributed by atoms with Crippen LogP contribution in [0, 0.1) is 0 Å². The summed E-state index contributed by atoms with van der Waals surface area (Å²) < 4.78 is 16.7. The quantitative estimate of drug-likeness (QED) is 0.620. The minimum atomic E-state index is 0.0106. The van der Waals surface area contributed by atoms with Crippen molar-refractivity contribution >= 4 is 11.7 Å². The molecule has 1 amide bonds. The number of carbonyl (C=O) groups excluding carboxylic acids is 1. The number of nitrogens with one attached hydrogen (secondary N) is 1. The minimum absolute atomic E-state index is 0.0106. The largest absolute Gasteiger partial charge is 0.490 e. The van der Waals surface area contributed by atoms with Crippen molar-refractivity contribution in [3.8, 4) is 11.5 Å². The SMILES string of the molecule is CCOc1ccccc1OCCCC(=O)NCc1ccnc(N2CCOCC2)c1. The average Bonchev–Trinajstić information content (AvgIpc) is 2.77. The highest BCUT2D eigenvalue weighted by Gasteiger charge is 2.12. The van der Waals surface area contributed by atoms with Crippen LogP contribution >= 0.6 is 0 Å². The monoisotopic (exact) mass is 399 g/mol. The summed E-state index contributed by atoms with van der Waals surface area (Å²) in [6.45, 7) is 6.61. The number of nitrogens with zero attached hydrogens (tertiary/aromatic N) is 2. The Kier molecular flexibility index (Phi) is 8.12. The molecule has 1 aliphatic rings. The highest BCUT2D eigenvalue weighted by Crippen LogP contribution is 2.26. The van der Waals surface area contributed by atoms with Crippen LogP contribution < -0.4 is 19.7 Å². The minimum Gasteiger partial charge on any atom is -0.490 e. The summed E-state index contributed by atoms with van der Waals surface area (Å²) in [5.41, 5.74) is 1.04. The predicted octanol–water partition coefficient (Wildman–Crippen LogP) is 2.79. The van der Waals surface area contributed by atoms with Gasteiger partial charge in [-0.2, -0.15) is 0 Å². The van der Waals surface area contributed by atoms with Crippen molar-refractivity contribution < 1.29 is 19.0 Å². The van der Waals surface area contributed by atoms with Crippen molar-refractivity contribution in [3.63, 3.8) is 0 Å². The van der Waals surface area contributed by atoms with Crippen LogP contribution in [0.15, 0.2) is 42.6 Å². The van der Waals surface area contributed by atoms with Gasteiger partial charge in [0.05, 0.1) is 26.4 Å². The van der Waals surface area contributed by atoms with Crippen LogP contribution in [-0.2, 0) is 16.1 Å². The van der Waals surface area contributed by atoms with Gasteiger partial charge in [-0.25, -0.2) is 4.98 Å². The van der Waals surface area contributed by atoms with Crippen molar-refractivity contribution in [2.75, 3.05) is 44.4 Å². The van der Waals surface area contributed by atoms with Crippen molar-refractivity contribution in [3.05, 3.63) is 48.2 Å². The van der Waals surface area contributed by atoms with Crippen molar-refractivity contribution in [1.29, 1.82) is 0 Å². The Morgan fingerprint density at radius 3 is 2.69 bits per heavy atom. The van der Waals surface area contributed by atoms with Gasteiger partial charge in [0.2, 0.25) is 5.91 Å². The Bertz CT molecular complexity index is 778. The summed E-state index contributed by atoms with van der Waals surface area (Å²) in [6, 6.07) is 11.5. The highest BCUT2D eigenvalue weighted by molar-refractivity contribution is 5.75. The van der Waals surface area contributed by atoms with E-state index >= 15 is 0 Å². The molecule has 0 atom stereocenters. The molecule has 1 N–H and O–H groups in total. The van der Waals surface area contributed by atoms with E-state index in [0.717, 1.165) is 43.4 Å². The summed E-state index contributed by atoms with van der Waals surface area (Å²) >= 11 is 0. The second-order valence-corrected chi connectivity index (χ2v) is 6.73. The molecule has 1 aromatic carbocycles. The number of anilines is 1. The van der Waals surface area contributed by atoms with Gasteiger partial charge in [-0.3, -0.25) is 4.79 Å². The number of para-hydroxylation sites is 2. The van der Waals surface area contributed by atoms with Crippen molar-refractivity contribution in [2.24, 2.45) is 0 Å². The Balaban J connectivity index is 1.38. The first-order chi connectivity index (χ1) is 14.3. The van der Waals surface area contributed by atoms with E-state index in [1.54, 1.807) is 6.20 Å². The van der Waals surface area contributed by atoms with Crippen LogP contribution in [0.3, 0.4) is 0 Å². The molecule has 3 rings (SSSR count). The van der Waals surface area contributed by atoms with Crippen LogP contribution in [0.2, 0.25) is 0 Å². The number of hydrogen-bond acceptors (Lipinski definition) is 6. The second-order valence-electron chi connectivity index (χ2n) is 6.73. The van der Waals surface area contributed by atoms with Crippen molar-refractivity contribution in [1.82, 2.24) is 10.3 Å².